The van der Waals surface area contributed by atoms with Crippen LogP contribution in [0.15, 0.2) is 23.0 Å². The largest absolute Gasteiger partial charge is 0.381 e. The number of hydrogen-bond acceptors (Lipinski definition) is 6. The molecule has 0 amide bonds. The first-order chi connectivity index (χ1) is 13.6. The van der Waals surface area contributed by atoms with Gasteiger partial charge in [0, 0.05) is 53.0 Å². The lowest BCUT2D eigenvalue weighted by molar-refractivity contribution is -0.0202. The Hall–Kier alpha value is -1.67. The van der Waals surface area contributed by atoms with Gasteiger partial charge in [-0.25, -0.2) is 18.5 Å². The lowest BCUT2D eigenvalue weighted by Crippen LogP contribution is -2.38. The molecule has 0 spiro atoms. The fourth-order valence-corrected chi connectivity index (χ4v) is 7.35. The van der Waals surface area contributed by atoms with Crippen molar-refractivity contribution in [2.45, 2.75) is 38.6 Å². The van der Waals surface area contributed by atoms with Gasteiger partial charge in [-0.05, 0) is 44.6 Å². The number of rotatable bonds is 7. The minimum absolute atomic E-state index is 0.437. The molecule has 1 unspecified atom stereocenters. The van der Waals surface area contributed by atoms with E-state index in [1.165, 1.54) is 0 Å². The van der Waals surface area contributed by atoms with Crippen molar-refractivity contribution in [1.82, 2.24) is 15.0 Å². The summed E-state index contributed by atoms with van der Waals surface area (Å²) in [7, 11) is 0.0275. The maximum atomic E-state index is 13.4. The van der Waals surface area contributed by atoms with Gasteiger partial charge in [-0.3, -0.25) is 0 Å². The zero-order valence-electron chi connectivity index (χ0n) is 16.8. The van der Waals surface area contributed by atoms with E-state index in [4.69, 9.17) is 4.74 Å². The molecule has 1 aliphatic carbocycles. The fraction of sp³-hybridized carbons (Fsp3) is 0.700. The van der Waals surface area contributed by atoms with Crippen molar-refractivity contribution in [3.05, 3.63) is 18.6 Å². The number of nitrogens with one attached hydrogen (secondary N) is 1. The first kappa shape index (κ1) is 19.6. The highest BCUT2D eigenvalue weighted by atomic mass is 32.2. The van der Waals surface area contributed by atoms with Crippen LogP contribution in [0.1, 0.15) is 32.6 Å². The van der Waals surface area contributed by atoms with Crippen molar-refractivity contribution >= 4 is 26.6 Å². The van der Waals surface area contributed by atoms with E-state index < -0.39 is 9.73 Å². The van der Waals surface area contributed by atoms with Crippen LogP contribution in [0, 0.1) is 11.8 Å². The van der Waals surface area contributed by atoms with Crippen LogP contribution in [-0.4, -0.2) is 63.5 Å². The number of aromatic amines is 1. The third kappa shape index (κ3) is 4.17. The molecule has 2 fully saturated rings. The predicted molar refractivity (Wildman–Crippen MR) is 113 cm³/mol. The van der Waals surface area contributed by atoms with Crippen LogP contribution in [0.5, 0.6) is 0 Å². The van der Waals surface area contributed by atoms with Crippen LogP contribution in [0.25, 0.3) is 11.0 Å². The highest BCUT2D eigenvalue weighted by molar-refractivity contribution is 7.93. The summed E-state index contributed by atoms with van der Waals surface area (Å²) in [5, 5.41) is 1.07. The smallest absolute Gasteiger partial charge is 0.142 e. The Kier molecular flexibility index (Phi) is 5.87. The number of hydrogen-bond donors (Lipinski definition) is 1. The van der Waals surface area contributed by atoms with Gasteiger partial charge < -0.3 is 14.6 Å². The number of nitrogens with zero attached hydrogens (tertiary/aromatic N) is 4. The molecule has 1 saturated carbocycles. The summed E-state index contributed by atoms with van der Waals surface area (Å²) in [5.74, 6) is 3.40. The number of aromatic nitrogens is 3. The van der Waals surface area contributed by atoms with E-state index in [0.717, 1.165) is 61.5 Å². The molecule has 3 heterocycles. The first-order valence-electron chi connectivity index (χ1n) is 10.3. The van der Waals surface area contributed by atoms with Gasteiger partial charge in [0.15, 0.2) is 0 Å². The Bertz CT molecular complexity index is 908. The average molecular weight is 406 g/mol. The van der Waals surface area contributed by atoms with Gasteiger partial charge in [-0.2, -0.15) is 0 Å². The second kappa shape index (κ2) is 8.37. The van der Waals surface area contributed by atoms with Gasteiger partial charge in [0.25, 0.3) is 0 Å². The summed E-state index contributed by atoms with van der Waals surface area (Å²) in [6.45, 7) is 4.14. The molecule has 4 rings (SSSR count). The van der Waals surface area contributed by atoms with E-state index in [-0.39, 0.29) is 0 Å². The molecule has 0 aromatic carbocycles. The summed E-state index contributed by atoms with van der Waals surface area (Å²) in [6.07, 6.45) is 7.95. The third-order valence-corrected chi connectivity index (χ3v) is 8.81. The second-order valence-electron chi connectivity index (χ2n) is 8.18. The maximum Gasteiger partial charge on any atom is 0.142 e. The van der Waals surface area contributed by atoms with E-state index in [2.05, 4.69) is 31.3 Å². The van der Waals surface area contributed by atoms with Crippen LogP contribution in [0.2, 0.25) is 0 Å². The molecule has 1 aliphatic heterocycles. The summed E-state index contributed by atoms with van der Waals surface area (Å²) in [5.41, 5.74) is 0.881. The van der Waals surface area contributed by atoms with Crippen molar-refractivity contribution in [3.63, 3.8) is 0 Å². The zero-order valence-corrected chi connectivity index (χ0v) is 17.7. The standard InChI is InChI=1S/C20H31N5O2S/c1-3-24-28(26,13-16-10-27-11-16)12-15-4-6-17(7-5-15)25(2)20-18-8-9-21-19(18)22-14-23-20/h8-9,14-17H,3-7,10-13H2,1-2H3,(H,21,22,23). The maximum absolute atomic E-state index is 13.4. The van der Waals surface area contributed by atoms with Crippen molar-refractivity contribution in [2.24, 2.45) is 16.2 Å². The molecular formula is C20H31N5O2S. The highest BCUT2D eigenvalue weighted by Crippen LogP contribution is 2.32. The molecule has 0 bridgehead atoms. The Morgan fingerprint density at radius 2 is 1.96 bits per heavy atom. The van der Waals surface area contributed by atoms with Crippen molar-refractivity contribution in [2.75, 3.05) is 43.2 Å². The average Bonchev–Trinajstić information content (AvgIpc) is 3.14. The molecule has 1 N–H and O–H groups in total. The number of ether oxygens (including phenoxy) is 1. The summed E-state index contributed by atoms with van der Waals surface area (Å²) < 4.78 is 23.2. The summed E-state index contributed by atoms with van der Waals surface area (Å²) in [6, 6.07) is 2.50. The van der Waals surface area contributed by atoms with Gasteiger partial charge in [-0.15, -0.1) is 0 Å². The van der Waals surface area contributed by atoms with Gasteiger partial charge in [0.05, 0.1) is 18.6 Å². The van der Waals surface area contributed by atoms with Crippen LogP contribution in [0.3, 0.4) is 0 Å². The van der Waals surface area contributed by atoms with E-state index in [1.807, 2.05) is 19.2 Å². The van der Waals surface area contributed by atoms with Gasteiger partial charge in [0.2, 0.25) is 0 Å². The van der Waals surface area contributed by atoms with E-state index >= 15 is 0 Å². The SMILES string of the molecule is CCN=S(=O)(CC1CCC(N(C)c2ncnc3[nH]ccc23)CC1)CC1COC1. The van der Waals surface area contributed by atoms with Crippen LogP contribution in [0.4, 0.5) is 5.82 Å². The molecule has 1 saturated heterocycles. The van der Waals surface area contributed by atoms with Crippen molar-refractivity contribution < 1.29 is 8.95 Å². The Labute approximate surface area is 167 Å². The topological polar surface area (TPSA) is 83.5 Å². The molecule has 0 radical (unpaired) electrons. The minimum atomic E-state index is -2.10. The molecular weight excluding hydrogens is 374 g/mol. The molecule has 2 aromatic rings. The number of fused-ring (bicyclic) bond motifs is 1. The molecule has 7 nitrogen and oxygen atoms in total. The molecule has 8 heteroatoms. The fourth-order valence-electron chi connectivity index (χ4n) is 4.54. The van der Waals surface area contributed by atoms with E-state index in [1.54, 1.807) is 6.33 Å². The molecule has 2 aromatic heterocycles. The van der Waals surface area contributed by atoms with E-state index in [9.17, 15) is 4.21 Å². The van der Waals surface area contributed by atoms with Gasteiger partial charge in [0.1, 0.15) is 17.8 Å². The molecule has 1 atom stereocenters. The minimum Gasteiger partial charge on any atom is -0.381 e. The normalized spacial score (nSPS) is 25.2. The number of anilines is 1. The molecule has 2 aliphatic rings. The molecule has 28 heavy (non-hydrogen) atoms. The lowest BCUT2D eigenvalue weighted by Gasteiger charge is -2.36. The van der Waals surface area contributed by atoms with Gasteiger partial charge in [-0.1, -0.05) is 0 Å². The Morgan fingerprint density at radius 3 is 2.64 bits per heavy atom. The highest BCUT2D eigenvalue weighted by Gasteiger charge is 2.30. The molecule has 154 valence electrons. The van der Waals surface area contributed by atoms with Crippen LogP contribution >= 0.6 is 0 Å². The monoisotopic (exact) mass is 405 g/mol. The second-order valence-corrected chi connectivity index (χ2v) is 10.6. The lowest BCUT2D eigenvalue weighted by atomic mass is 9.86. The Balaban J connectivity index is 1.38. The van der Waals surface area contributed by atoms with Crippen molar-refractivity contribution in [1.29, 1.82) is 0 Å². The van der Waals surface area contributed by atoms with Crippen LogP contribution in [-0.2, 0) is 14.5 Å². The number of H-pyrrole nitrogens is 1. The van der Waals surface area contributed by atoms with Gasteiger partial charge >= 0.3 is 0 Å². The summed E-state index contributed by atoms with van der Waals surface area (Å²) >= 11 is 0. The van der Waals surface area contributed by atoms with Crippen LogP contribution < -0.4 is 4.90 Å². The predicted octanol–water partition coefficient (Wildman–Crippen LogP) is 3.09. The van der Waals surface area contributed by atoms with E-state index in [0.29, 0.717) is 30.2 Å². The Morgan fingerprint density at radius 1 is 1.21 bits per heavy atom. The zero-order chi connectivity index (χ0) is 19.6. The summed E-state index contributed by atoms with van der Waals surface area (Å²) in [4.78, 5) is 14.3. The van der Waals surface area contributed by atoms with Crippen molar-refractivity contribution in [3.8, 4) is 0 Å². The third-order valence-electron chi connectivity index (χ3n) is 6.09. The first-order valence-corrected chi connectivity index (χ1v) is 12.2. The quantitative estimate of drug-likeness (QED) is 0.765.